The number of ether oxygens (including phenoxy) is 1. The topological polar surface area (TPSA) is 70.7 Å². The van der Waals surface area contributed by atoms with Crippen LogP contribution in [0, 0.1) is 0 Å². The maximum atomic E-state index is 12.1. The van der Waals surface area contributed by atoms with Crippen LogP contribution in [-0.4, -0.2) is 55.2 Å². The number of amides is 2. The highest BCUT2D eigenvalue weighted by Gasteiger charge is 2.24. The first kappa shape index (κ1) is 18.0. The van der Waals surface area contributed by atoms with E-state index in [2.05, 4.69) is 10.6 Å². The first-order chi connectivity index (χ1) is 11.2. The lowest BCUT2D eigenvalue weighted by Crippen LogP contribution is -2.48. The molecule has 2 fully saturated rings. The van der Waals surface area contributed by atoms with Gasteiger partial charge in [0, 0.05) is 25.2 Å². The average Bonchev–Trinajstić information content (AvgIpc) is 2.82. The monoisotopic (exact) mass is 325 g/mol. The molecule has 0 spiro atoms. The van der Waals surface area contributed by atoms with Gasteiger partial charge in [-0.1, -0.05) is 25.7 Å². The highest BCUT2D eigenvalue weighted by Crippen LogP contribution is 2.17. The minimum absolute atomic E-state index is 0.102. The van der Waals surface area contributed by atoms with Crippen molar-refractivity contribution in [3.05, 3.63) is 0 Å². The van der Waals surface area contributed by atoms with E-state index in [1.54, 1.807) is 4.90 Å². The zero-order valence-corrected chi connectivity index (χ0v) is 14.3. The molecule has 0 aromatic rings. The standard InChI is InChI=1S/C17H31N3O3/c1-2-23-17(22)20-11-9-14(10-12-20)18-13-16(21)19-15-7-5-3-4-6-8-15/h14-15,18H,2-13H2,1H3,(H,19,21). The Labute approximate surface area is 139 Å². The molecule has 1 aliphatic heterocycles. The first-order valence-corrected chi connectivity index (χ1v) is 9.13. The van der Waals surface area contributed by atoms with Crippen molar-refractivity contribution < 1.29 is 14.3 Å². The predicted molar refractivity (Wildman–Crippen MR) is 89.3 cm³/mol. The van der Waals surface area contributed by atoms with Crippen LogP contribution >= 0.6 is 0 Å². The van der Waals surface area contributed by atoms with Gasteiger partial charge < -0.3 is 20.3 Å². The molecular weight excluding hydrogens is 294 g/mol. The van der Waals surface area contributed by atoms with Gasteiger partial charge in [0.25, 0.3) is 0 Å². The van der Waals surface area contributed by atoms with Crippen LogP contribution in [0.25, 0.3) is 0 Å². The third kappa shape index (κ3) is 6.37. The Morgan fingerprint density at radius 3 is 2.26 bits per heavy atom. The molecule has 0 aromatic heterocycles. The molecule has 1 aliphatic carbocycles. The van der Waals surface area contributed by atoms with Crippen LogP contribution in [0.15, 0.2) is 0 Å². The number of carbonyl (C=O) groups excluding carboxylic acids is 2. The van der Waals surface area contributed by atoms with Crippen molar-refractivity contribution in [3.8, 4) is 0 Å². The van der Waals surface area contributed by atoms with E-state index in [-0.39, 0.29) is 12.0 Å². The molecule has 2 amide bonds. The van der Waals surface area contributed by atoms with Crippen LogP contribution in [0.1, 0.15) is 58.3 Å². The molecule has 0 radical (unpaired) electrons. The molecule has 6 nitrogen and oxygen atoms in total. The Hall–Kier alpha value is -1.30. The predicted octanol–water partition coefficient (Wildman–Crippen LogP) is 2.04. The number of piperidine rings is 1. The molecular formula is C17H31N3O3. The van der Waals surface area contributed by atoms with Gasteiger partial charge in [-0.15, -0.1) is 0 Å². The zero-order chi connectivity index (χ0) is 16.5. The van der Waals surface area contributed by atoms with Crippen molar-refractivity contribution in [1.82, 2.24) is 15.5 Å². The SMILES string of the molecule is CCOC(=O)N1CCC(NCC(=O)NC2CCCCCC2)CC1. The van der Waals surface area contributed by atoms with E-state index in [1.165, 1.54) is 25.7 Å². The van der Waals surface area contributed by atoms with E-state index < -0.39 is 0 Å². The van der Waals surface area contributed by atoms with Gasteiger partial charge in [0.05, 0.1) is 13.2 Å². The Morgan fingerprint density at radius 2 is 1.65 bits per heavy atom. The Bertz CT molecular complexity index is 373. The third-order valence-electron chi connectivity index (χ3n) is 4.79. The fraction of sp³-hybridized carbons (Fsp3) is 0.882. The summed E-state index contributed by atoms with van der Waals surface area (Å²) in [5.41, 5.74) is 0. The summed E-state index contributed by atoms with van der Waals surface area (Å²) in [5.74, 6) is 0.102. The number of likely N-dealkylation sites (tertiary alicyclic amines) is 1. The lowest BCUT2D eigenvalue weighted by Gasteiger charge is -2.31. The molecule has 1 heterocycles. The van der Waals surface area contributed by atoms with Gasteiger partial charge in [-0.05, 0) is 32.6 Å². The largest absolute Gasteiger partial charge is 0.450 e. The van der Waals surface area contributed by atoms with Crippen molar-refractivity contribution in [3.63, 3.8) is 0 Å². The van der Waals surface area contributed by atoms with Crippen LogP contribution in [0.4, 0.5) is 4.79 Å². The molecule has 0 aromatic carbocycles. The summed E-state index contributed by atoms with van der Waals surface area (Å²) in [4.78, 5) is 25.4. The zero-order valence-electron chi connectivity index (χ0n) is 14.3. The minimum atomic E-state index is -0.225. The number of hydrogen-bond acceptors (Lipinski definition) is 4. The number of nitrogens with one attached hydrogen (secondary N) is 2. The van der Waals surface area contributed by atoms with E-state index in [9.17, 15) is 9.59 Å². The summed E-state index contributed by atoms with van der Waals surface area (Å²) in [6.07, 6.45) is 8.79. The highest BCUT2D eigenvalue weighted by molar-refractivity contribution is 5.78. The van der Waals surface area contributed by atoms with Crippen molar-refractivity contribution in [1.29, 1.82) is 0 Å². The molecule has 6 heteroatoms. The van der Waals surface area contributed by atoms with Gasteiger partial charge in [0.2, 0.25) is 5.91 Å². The van der Waals surface area contributed by atoms with Gasteiger partial charge >= 0.3 is 6.09 Å². The third-order valence-corrected chi connectivity index (χ3v) is 4.79. The van der Waals surface area contributed by atoms with Crippen molar-refractivity contribution in [2.45, 2.75) is 70.4 Å². The maximum Gasteiger partial charge on any atom is 0.409 e. The summed E-state index contributed by atoms with van der Waals surface area (Å²) in [7, 11) is 0. The van der Waals surface area contributed by atoms with E-state index in [0.29, 0.717) is 38.3 Å². The lowest BCUT2D eigenvalue weighted by molar-refractivity contribution is -0.121. The fourth-order valence-electron chi connectivity index (χ4n) is 3.42. The summed E-state index contributed by atoms with van der Waals surface area (Å²) < 4.78 is 5.01. The van der Waals surface area contributed by atoms with Crippen LogP contribution in [-0.2, 0) is 9.53 Å². The lowest BCUT2D eigenvalue weighted by atomic mass is 10.1. The molecule has 2 rings (SSSR count). The normalized spacial score (nSPS) is 20.8. The smallest absolute Gasteiger partial charge is 0.409 e. The quantitative estimate of drug-likeness (QED) is 0.759. The van der Waals surface area contributed by atoms with E-state index >= 15 is 0 Å². The maximum absolute atomic E-state index is 12.1. The molecule has 23 heavy (non-hydrogen) atoms. The second-order valence-corrected chi connectivity index (χ2v) is 6.60. The van der Waals surface area contributed by atoms with E-state index in [0.717, 1.165) is 25.7 Å². The van der Waals surface area contributed by atoms with E-state index in [4.69, 9.17) is 4.74 Å². The van der Waals surface area contributed by atoms with Gasteiger partial charge in [-0.3, -0.25) is 4.79 Å². The number of hydrogen-bond donors (Lipinski definition) is 2. The van der Waals surface area contributed by atoms with Crippen molar-refractivity contribution >= 4 is 12.0 Å². The highest BCUT2D eigenvalue weighted by atomic mass is 16.6. The molecule has 1 saturated carbocycles. The second kappa shape index (κ2) is 9.75. The molecule has 0 unspecified atom stereocenters. The summed E-state index contributed by atoms with van der Waals surface area (Å²) in [5, 5.41) is 6.48. The van der Waals surface area contributed by atoms with E-state index in [1.807, 2.05) is 6.92 Å². The van der Waals surface area contributed by atoms with Crippen molar-refractivity contribution in [2.75, 3.05) is 26.2 Å². The fourth-order valence-corrected chi connectivity index (χ4v) is 3.42. The molecule has 2 aliphatic rings. The minimum Gasteiger partial charge on any atom is -0.450 e. The first-order valence-electron chi connectivity index (χ1n) is 9.13. The number of rotatable bonds is 5. The summed E-state index contributed by atoms with van der Waals surface area (Å²) in [6, 6.07) is 0.665. The molecule has 132 valence electrons. The van der Waals surface area contributed by atoms with Gasteiger partial charge in [0.15, 0.2) is 0 Å². The van der Waals surface area contributed by atoms with Crippen LogP contribution in [0.2, 0.25) is 0 Å². The second-order valence-electron chi connectivity index (χ2n) is 6.60. The summed E-state index contributed by atoms with van der Waals surface area (Å²) in [6.45, 7) is 4.00. The number of carbonyl (C=O) groups is 2. The van der Waals surface area contributed by atoms with Crippen LogP contribution < -0.4 is 10.6 Å². The van der Waals surface area contributed by atoms with Crippen LogP contribution in [0.3, 0.4) is 0 Å². The Balaban J connectivity index is 1.61. The molecule has 2 N–H and O–H groups in total. The molecule has 1 saturated heterocycles. The Kier molecular flexibility index (Phi) is 7.65. The van der Waals surface area contributed by atoms with Crippen molar-refractivity contribution in [2.24, 2.45) is 0 Å². The average molecular weight is 325 g/mol. The van der Waals surface area contributed by atoms with Gasteiger partial charge in [0.1, 0.15) is 0 Å². The molecule has 0 atom stereocenters. The number of nitrogens with zero attached hydrogens (tertiary/aromatic N) is 1. The van der Waals surface area contributed by atoms with Crippen LogP contribution in [0.5, 0.6) is 0 Å². The van der Waals surface area contributed by atoms with Gasteiger partial charge in [-0.25, -0.2) is 4.79 Å². The summed E-state index contributed by atoms with van der Waals surface area (Å²) >= 11 is 0. The Morgan fingerprint density at radius 1 is 1.00 bits per heavy atom. The molecule has 0 bridgehead atoms. The van der Waals surface area contributed by atoms with Gasteiger partial charge in [-0.2, -0.15) is 0 Å².